The van der Waals surface area contributed by atoms with E-state index in [1.807, 2.05) is 19.1 Å². The van der Waals surface area contributed by atoms with Crippen molar-refractivity contribution in [3.63, 3.8) is 0 Å². The molecule has 1 amide bonds. The Bertz CT molecular complexity index is 388. The van der Waals surface area contributed by atoms with E-state index in [0.29, 0.717) is 13.0 Å². The number of aromatic nitrogens is 1. The lowest BCUT2D eigenvalue weighted by Crippen LogP contribution is -2.25. The van der Waals surface area contributed by atoms with Gasteiger partial charge in [0.1, 0.15) is 10.4 Å². The zero-order valence-electron chi connectivity index (χ0n) is 8.20. The van der Waals surface area contributed by atoms with E-state index in [2.05, 4.69) is 36.8 Å². The van der Waals surface area contributed by atoms with Crippen molar-refractivity contribution in [2.75, 3.05) is 11.4 Å². The number of hydrogen-bond acceptors (Lipinski definition) is 2. The number of alkyl halides is 1. The van der Waals surface area contributed by atoms with E-state index in [0.717, 1.165) is 16.0 Å². The molecule has 1 aliphatic rings. The van der Waals surface area contributed by atoms with Crippen molar-refractivity contribution < 1.29 is 4.79 Å². The molecule has 1 saturated heterocycles. The molecule has 0 N–H and O–H groups in total. The molecule has 5 heteroatoms. The van der Waals surface area contributed by atoms with Crippen LogP contribution in [0.2, 0.25) is 0 Å². The first-order valence-electron chi connectivity index (χ1n) is 4.65. The van der Waals surface area contributed by atoms with E-state index in [4.69, 9.17) is 0 Å². The molecular weight excluding hydrogens is 324 g/mol. The second-order valence-electron chi connectivity index (χ2n) is 3.63. The average Bonchev–Trinajstić information content (AvgIpc) is 2.43. The number of nitrogens with zero attached hydrogens (tertiary/aromatic N) is 2. The summed E-state index contributed by atoms with van der Waals surface area (Å²) in [6.45, 7) is 2.68. The predicted octanol–water partition coefficient (Wildman–Crippen LogP) is 2.65. The van der Waals surface area contributed by atoms with Crippen molar-refractivity contribution in [1.29, 1.82) is 0 Å². The Morgan fingerprint density at radius 3 is 2.80 bits per heavy atom. The fraction of sp³-hybridized carbons (Fsp3) is 0.400. The van der Waals surface area contributed by atoms with Crippen molar-refractivity contribution in [2.24, 2.45) is 0 Å². The Hall–Kier alpha value is -0.420. The number of halogens is 2. The van der Waals surface area contributed by atoms with E-state index < -0.39 is 0 Å². The number of aryl methyl sites for hydroxylation is 1. The fourth-order valence-corrected chi connectivity index (χ4v) is 2.74. The summed E-state index contributed by atoms with van der Waals surface area (Å²) in [4.78, 5) is 17.9. The van der Waals surface area contributed by atoms with Crippen LogP contribution in [0.25, 0.3) is 0 Å². The van der Waals surface area contributed by atoms with Crippen LogP contribution in [0.5, 0.6) is 0 Å². The molecule has 0 aromatic carbocycles. The maximum Gasteiger partial charge on any atom is 0.229 e. The molecule has 1 aliphatic heterocycles. The molecule has 1 unspecified atom stereocenters. The molecule has 0 aliphatic carbocycles. The normalized spacial score (nSPS) is 21.1. The quantitative estimate of drug-likeness (QED) is 0.584. The SMILES string of the molecule is Cc1cc(Br)nc(N2CC(Br)CC2=O)c1. The maximum atomic E-state index is 11.6. The topological polar surface area (TPSA) is 33.2 Å². The molecule has 0 bridgehead atoms. The fourth-order valence-electron chi connectivity index (χ4n) is 1.63. The van der Waals surface area contributed by atoms with Crippen molar-refractivity contribution in [1.82, 2.24) is 4.98 Å². The number of carbonyl (C=O) groups is 1. The Balaban J connectivity index is 2.33. The molecule has 15 heavy (non-hydrogen) atoms. The number of rotatable bonds is 1. The molecule has 1 fully saturated rings. The third-order valence-electron chi connectivity index (χ3n) is 2.28. The van der Waals surface area contributed by atoms with Crippen LogP contribution in [-0.4, -0.2) is 22.3 Å². The van der Waals surface area contributed by atoms with Gasteiger partial charge in [0.15, 0.2) is 0 Å². The van der Waals surface area contributed by atoms with E-state index >= 15 is 0 Å². The molecule has 80 valence electrons. The molecule has 2 heterocycles. The highest BCUT2D eigenvalue weighted by molar-refractivity contribution is 9.10. The molecule has 0 saturated carbocycles. The first-order valence-corrected chi connectivity index (χ1v) is 6.36. The first kappa shape index (κ1) is 11.1. The van der Waals surface area contributed by atoms with Crippen molar-refractivity contribution >= 4 is 43.6 Å². The van der Waals surface area contributed by atoms with E-state index in [-0.39, 0.29) is 10.7 Å². The smallest absolute Gasteiger partial charge is 0.229 e. The predicted molar refractivity (Wildman–Crippen MR) is 66.4 cm³/mol. The molecule has 3 nitrogen and oxygen atoms in total. The molecule has 0 radical (unpaired) electrons. The summed E-state index contributed by atoms with van der Waals surface area (Å²) in [6, 6.07) is 3.85. The van der Waals surface area contributed by atoms with Gasteiger partial charge < -0.3 is 0 Å². The van der Waals surface area contributed by atoms with Gasteiger partial charge in [-0.05, 0) is 40.5 Å². The van der Waals surface area contributed by atoms with Gasteiger partial charge in [0.25, 0.3) is 0 Å². The van der Waals surface area contributed by atoms with Gasteiger partial charge >= 0.3 is 0 Å². The summed E-state index contributed by atoms with van der Waals surface area (Å²) < 4.78 is 0.767. The van der Waals surface area contributed by atoms with Crippen molar-refractivity contribution in [2.45, 2.75) is 18.2 Å². The number of amides is 1. The molecule has 2 rings (SSSR count). The van der Waals surface area contributed by atoms with Gasteiger partial charge in [-0.15, -0.1) is 0 Å². The second-order valence-corrected chi connectivity index (χ2v) is 5.74. The Morgan fingerprint density at radius 1 is 1.53 bits per heavy atom. The minimum Gasteiger partial charge on any atom is -0.296 e. The van der Waals surface area contributed by atoms with Crippen molar-refractivity contribution in [3.05, 3.63) is 22.3 Å². The monoisotopic (exact) mass is 332 g/mol. The van der Waals surface area contributed by atoms with Crippen molar-refractivity contribution in [3.8, 4) is 0 Å². The molecular formula is C10H10Br2N2O. The summed E-state index contributed by atoms with van der Waals surface area (Å²) in [5.74, 6) is 0.857. The number of carbonyl (C=O) groups excluding carboxylic acids is 1. The summed E-state index contributed by atoms with van der Waals surface area (Å²) in [5.41, 5.74) is 1.10. The van der Waals surface area contributed by atoms with Gasteiger partial charge in [-0.3, -0.25) is 9.69 Å². The zero-order chi connectivity index (χ0) is 11.0. The van der Waals surface area contributed by atoms with Crippen LogP contribution in [0.1, 0.15) is 12.0 Å². The van der Waals surface area contributed by atoms with Crippen LogP contribution in [-0.2, 0) is 4.79 Å². The lowest BCUT2D eigenvalue weighted by Gasteiger charge is -2.15. The molecule has 1 atom stereocenters. The summed E-state index contributed by atoms with van der Waals surface area (Å²) in [6.07, 6.45) is 0.549. The van der Waals surface area contributed by atoms with Crippen LogP contribution < -0.4 is 4.90 Å². The molecule has 1 aromatic rings. The van der Waals surface area contributed by atoms with Crippen LogP contribution in [0.3, 0.4) is 0 Å². The lowest BCUT2D eigenvalue weighted by atomic mass is 10.3. The van der Waals surface area contributed by atoms with Gasteiger partial charge in [0.2, 0.25) is 5.91 Å². The van der Waals surface area contributed by atoms with E-state index in [1.165, 1.54) is 0 Å². The molecule has 0 spiro atoms. The average molecular weight is 334 g/mol. The maximum absolute atomic E-state index is 11.6. The number of anilines is 1. The summed E-state index contributed by atoms with van der Waals surface area (Å²) in [7, 11) is 0. The van der Waals surface area contributed by atoms with Gasteiger partial charge in [-0.1, -0.05) is 15.9 Å². The zero-order valence-corrected chi connectivity index (χ0v) is 11.4. The standard InChI is InChI=1S/C10H10Br2N2O/c1-6-2-8(12)13-9(3-6)14-5-7(11)4-10(14)15/h2-3,7H,4-5H2,1H3. The minimum atomic E-state index is 0.127. The minimum absolute atomic E-state index is 0.127. The van der Waals surface area contributed by atoms with Gasteiger partial charge in [0.05, 0.1) is 0 Å². The number of pyridine rings is 1. The third-order valence-corrected chi connectivity index (χ3v) is 3.30. The van der Waals surface area contributed by atoms with Gasteiger partial charge in [-0.2, -0.15) is 0 Å². The second kappa shape index (κ2) is 4.22. The van der Waals surface area contributed by atoms with E-state index in [1.54, 1.807) is 4.90 Å². The molecule has 1 aromatic heterocycles. The van der Waals surface area contributed by atoms with E-state index in [9.17, 15) is 4.79 Å². The first-order chi connectivity index (χ1) is 7.06. The van der Waals surface area contributed by atoms with Crippen LogP contribution in [0, 0.1) is 6.92 Å². The number of hydrogen-bond donors (Lipinski definition) is 0. The Kier molecular flexibility index (Phi) is 3.11. The third kappa shape index (κ3) is 2.39. The highest BCUT2D eigenvalue weighted by Gasteiger charge is 2.29. The Morgan fingerprint density at radius 2 is 2.27 bits per heavy atom. The van der Waals surface area contributed by atoms with Crippen LogP contribution in [0.15, 0.2) is 16.7 Å². The van der Waals surface area contributed by atoms with Crippen LogP contribution >= 0.6 is 31.9 Å². The van der Waals surface area contributed by atoms with Gasteiger partial charge in [0, 0.05) is 17.8 Å². The lowest BCUT2D eigenvalue weighted by molar-refractivity contribution is -0.117. The highest BCUT2D eigenvalue weighted by Crippen LogP contribution is 2.25. The highest BCUT2D eigenvalue weighted by atomic mass is 79.9. The summed E-state index contributed by atoms with van der Waals surface area (Å²) >= 11 is 6.79. The van der Waals surface area contributed by atoms with Crippen LogP contribution in [0.4, 0.5) is 5.82 Å². The summed E-state index contributed by atoms with van der Waals surface area (Å²) in [5, 5.41) is 0. The Labute approximate surface area is 105 Å². The van der Waals surface area contributed by atoms with Gasteiger partial charge in [-0.25, -0.2) is 4.98 Å². The largest absolute Gasteiger partial charge is 0.296 e.